The van der Waals surface area contributed by atoms with Gasteiger partial charge in [0.05, 0.1) is 6.54 Å². The molecule has 0 aliphatic rings. The lowest BCUT2D eigenvalue weighted by atomic mass is 10.2. The van der Waals surface area contributed by atoms with E-state index in [2.05, 4.69) is 63.5 Å². The molecule has 1 aromatic heterocycles. The second-order valence-corrected chi connectivity index (χ2v) is 6.36. The fourth-order valence-corrected chi connectivity index (χ4v) is 2.72. The Morgan fingerprint density at radius 2 is 1.85 bits per heavy atom. The minimum atomic E-state index is 0.679. The lowest BCUT2D eigenvalue weighted by Crippen LogP contribution is -2.39. The number of rotatable bonds is 11. The van der Waals surface area contributed by atoms with Gasteiger partial charge in [-0.15, -0.1) is 10.2 Å². The van der Waals surface area contributed by atoms with Crippen molar-refractivity contribution >= 4 is 5.96 Å². The van der Waals surface area contributed by atoms with Gasteiger partial charge in [-0.05, 0) is 12.0 Å². The zero-order valence-corrected chi connectivity index (χ0v) is 16.1. The second kappa shape index (κ2) is 12.1. The summed E-state index contributed by atoms with van der Waals surface area (Å²) < 4.78 is 2.09. The Balaban J connectivity index is 1.84. The number of hydrogen-bond acceptors (Lipinski definition) is 3. The van der Waals surface area contributed by atoms with Crippen molar-refractivity contribution in [3.63, 3.8) is 0 Å². The van der Waals surface area contributed by atoms with Gasteiger partial charge in [0.1, 0.15) is 12.2 Å². The first-order valence-electron chi connectivity index (χ1n) is 9.76. The summed E-state index contributed by atoms with van der Waals surface area (Å²) in [6.07, 6.45) is 7.66. The molecule has 6 heteroatoms. The van der Waals surface area contributed by atoms with Crippen LogP contribution in [0.15, 0.2) is 41.7 Å². The second-order valence-electron chi connectivity index (χ2n) is 6.36. The van der Waals surface area contributed by atoms with Crippen LogP contribution in [0.3, 0.4) is 0 Å². The van der Waals surface area contributed by atoms with Crippen LogP contribution < -0.4 is 10.6 Å². The van der Waals surface area contributed by atoms with Gasteiger partial charge in [0.15, 0.2) is 5.96 Å². The van der Waals surface area contributed by atoms with E-state index in [1.54, 1.807) is 6.33 Å². The summed E-state index contributed by atoms with van der Waals surface area (Å²) in [4.78, 5) is 4.73. The van der Waals surface area contributed by atoms with Crippen LogP contribution in [0, 0.1) is 0 Å². The largest absolute Gasteiger partial charge is 0.356 e. The van der Waals surface area contributed by atoms with Crippen molar-refractivity contribution in [2.75, 3.05) is 13.1 Å². The van der Waals surface area contributed by atoms with E-state index in [1.807, 2.05) is 6.07 Å². The van der Waals surface area contributed by atoms with Crippen molar-refractivity contribution < 1.29 is 0 Å². The van der Waals surface area contributed by atoms with Gasteiger partial charge in [0.25, 0.3) is 0 Å². The maximum absolute atomic E-state index is 4.73. The molecule has 2 aromatic rings. The number of nitrogens with one attached hydrogen (secondary N) is 2. The minimum Gasteiger partial charge on any atom is -0.356 e. The standard InChI is InChI=1S/C20H32N6/c1-3-5-6-10-13-21-20(23-16-18-11-8-7-9-12-18)22-14-15-26-17-24-25-19(26)4-2/h7-9,11-12,17H,3-6,10,13-16H2,1-2H3,(H2,21,22,23). The molecule has 0 atom stereocenters. The number of nitrogens with zero attached hydrogens (tertiary/aromatic N) is 4. The monoisotopic (exact) mass is 356 g/mol. The van der Waals surface area contributed by atoms with E-state index in [0.717, 1.165) is 37.8 Å². The normalized spacial score (nSPS) is 11.5. The van der Waals surface area contributed by atoms with Gasteiger partial charge in [0, 0.05) is 26.1 Å². The van der Waals surface area contributed by atoms with Gasteiger partial charge in [-0.1, -0.05) is 63.4 Å². The molecule has 6 nitrogen and oxygen atoms in total. The molecule has 26 heavy (non-hydrogen) atoms. The average Bonchev–Trinajstić information content (AvgIpc) is 3.13. The molecule has 2 rings (SSSR count). The minimum absolute atomic E-state index is 0.679. The predicted octanol–water partition coefficient (Wildman–Crippen LogP) is 3.16. The lowest BCUT2D eigenvalue weighted by Gasteiger charge is -2.13. The summed E-state index contributed by atoms with van der Waals surface area (Å²) in [5.41, 5.74) is 1.21. The molecule has 0 radical (unpaired) electrons. The van der Waals surface area contributed by atoms with E-state index in [-0.39, 0.29) is 0 Å². The molecule has 1 heterocycles. The van der Waals surface area contributed by atoms with Crippen molar-refractivity contribution in [3.8, 4) is 0 Å². The molecule has 0 amide bonds. The highest BCUT2D eigenvalue weighted by atomic mass is 15.3. The number of unbranched alkanes of at least 4 members (excludes halogenated alkanes) is 3. The Kier molecular flexibility index (Phi) is 9.25. The number of benzene rings is 1. The number of aryl methyl sites for hydroxylation is 1. The fraction of sp³-hybridized carbons (Fsp3) is 0.550. The molecule has 0 aliphatic carbocycles. The maximum Gasteiger partial charge on any atom is 0.191 e. The zero-order valence-electron chi connectivity index (χ0n) is 16.1. The highest BCUT2D eigenvalue weighted by Crippen LogP contribution is 2.01. The van der Waals surface area contributed by atoms with Crippen molar-refractivity contribution in [3.05, 3.63) is 48.0 Å². The molecule has 0 aliphatic heterocycles. The lowest BCUT2D eigenvalue weighted by molar-refractivity contribution is 0.620. The highest BCUT2D eigenvalue weighted by molar-refractivity contribution is 5.79. The molecule has 142 valence electrons. The van der Waals surface area contributed by atoms with E-state index in [1.165, 1.54) is 31.2 Å². The third-order valence-electron chi connectivity index (χ3n) is 4.24. The Morgan fingerprint density at radius 3 is 2.62 bits per heavy atom. The third-order valence-corrected chi connectivity index (χ3v) is 4.24. The van der Waals surface area contributed by atoms with Crippen LogP contribution in [0.1, 0.15) is 50.9 Å². The van der Waals surface area contributed by atoms with Crippen molar-refractivity contribution in [1.82, 2.24) is 25.4 Å². The fourth-order valence-electron chi connectivity index (χ4n) is 2.72. The molecular weight excluding hydrogens is 324 g/mol. The van der Waals surface area contributed by atoms with Crippen molar-refractivity contribution in [1.29, 1.82) is 0 Å². The first-order valence-corrected chi connectivity index (χ1v) is 9.76. The average molecular weight is 357 g/mol. The highest BCUT2D eigenvalue weighted by Gasteiger charge is 2.03. The molecule has 0 bridgehead atoms. The van der Waals surface area contributed by atoms with Crippen molar-refractivity contribution in [2.45, 2.75) is 59.0 Å². The van der Waals surface area contributed by atoms with Crippen LogP contribution in [0.2, 0.25) is 0 Å². The summed E-state index contributed by atoms with van der Waals surface area (Å²) >= 11 is 0. The van der Waals surface area contributed by atoms with Gasteiger partial charge in [-0.3, -0.25) is 0 Å². The number of hydrogen-bond donors (Lipinski definition) is 2. The number of guanidine groups is 1. The summed E-state index contributed by atoms with van der Waals surface area (Å²) in [7, 11) is 0. The maximum atomic E-state index is 4.73. The van der Waals surface area contributed by atoms with E-state index < -0.39 is 0 Å². The van der Waals surface area contributed by atoms with Gasteiger partial charge >= 0.3 is 0 Å². The van der Waals surface area contributed by atoms with Crippen molar-refractivity contribution in [2.24, 2.45) is 4.99 Å². The third kappa shape index (κ3) is 7.25. The number of aliphatic imine (C=N–C) groups is 1. The molecule has 0 unspecified atom stereocenters. The Hall–Kier alpha value is -2.37. The molecule has 0 fully saturated rings. The summed E-state index contributed by atoms with van der Waals surface area (Å²) in [5, 5.41) is 15.0. The first-order chi connectivity index (χ1) is 12.8. The quantitative estimate of drug-likeness (QED) is 0.369. The number of aromatic nitrogens is 3. The Labute approximate surface area is 157 Å². The summed E-state index contributed by atoms with van der Waals surface area (Å²) in [5.74, 6) is 1.89. The molecule has 2 N–H and O–H groups in total. The smallest absolute Gasteiger partial charge is 0.191 e. The van der Waals surface area contributed by atoms with Crippen LogP contribution >= 0.6 is 0 Å². The Bertz CT molecular complexity index is 635. The Morgan fingerprint density at radius 1 is 1.04 bits per heavy atom. The zero-order chi connectivity index (χ0) is 18.5. The van der Waals surface area contributed by atoms with Crippen LogP contribution in [-0.2, 0) is 19.5 Å². The summed E-state index contributed by atoms with van der Waals surface area (Å²) in [6.45, 7) is 7.58. The first kappa shape index (κ1) is 19.9. The SMILES string of the molecule is CCCCCCNC(=NCc1ccccc1)NCCn1cnnc1CC. The van der Waals surface area contributed by atoms with Crippen LogP contribution in [0.4, 0.5) is 0 Å². The molecule has 1 aromatic carbocycles. The van der Waals surface area contributed by atoms with E-state index >= 15 is 0 Å². The molecule has 0 saturated heterocycles. The topological polar surface area (TPSA) is 67.1 Å². The predicted molar refractivity (Wildman–Crippen MR) is 107 cm³/mol. The van der Waals surface area contributed by atoms with Gasteiger partial charge in [-0.2, -0.15) is 0 Å². The van der Waals surface area contributed by atoms with Gasteiger partial charge in [0.2, 0.25) is 0 Å². The summed E-state index contributed by atoms with van der Waals surface area (Å²) in [6, 6.07) is 10.3. The van der Waals surface area contributed by atoms with E-state index in [0.29, 0.717) is 6.54 Å². The molecular formula is C20H32N6. The van der Waals surface area contributed by atoms with Crippen LogP contribution in [0.5, 0.6) is 0 Å². The van der Waals surface area contributed by atoms with Gasteiger partial charge in [-0.25, -0.2) is 4.99 Å². The van der Waals surface area contributed by atoms with Crippen LogP contribution in [0.25, 0.3) is 0 Å². The van der Waals surface area contributed by atoms with E-state index in [9.17, 15) is 0 Å². The molecule has 0 spiro atoms. The van der Waals surface area contributed by atoms with E-state index in [4.69, 9.17) is 4.99 Å². The van der Waals surface area contributed by atoms with Gasteiger partial charge < -0.3 is 15.2 Å². The van der Waals surface area contributed by atoms with Crippen LogP contribution in [-0.4, -0.2) is 33.8 Å². The molecule has 0 saturated carbocycles.